The summed E-state index contributed by atoms with van der Waals surface area (Å²) in [6.07, 6.45) is 2.18. The van der Waals surface area contributed by atoms with Crippen molar-refractivity contribution in [3.63, 3.8) is 0 Å². The summed E-state index contributed by atoms with van der Waals surface area (Å²) in [6, 6.07) is 0.751. The third kappa shape index (κ3) is 1.64. The molecule has 0 amide bonds. The molecule has 3 nitrogen and oxygen atoms in total. The molecule has 0 radical (unpaired) electrons. The van der Waals surface area contributed by atoms with Crippen LogP contribution in [0.15, 0.2) is 0 Å². The van der Waals surface area contributed by atoms with Gasteiger partial charge in [-0.05, 0) is 12.8 Å². The van der Waals surface area contributed by atoms with Crippen LogP contribution in [-0.4, -0.2) is 30.3 Å². The van der Waals surface area contributed by atoms with E-state index in [9.17, 15) is 0 Å². The van der Waals surface area contributed by atoms with Gasteiger partial charge >= 0.3 is 0 Å². The summed E-state index contributed by atoms with van der Waals surface area (Å²) in [4.78, 5) is 0. The van der Waals surface area contributed by atoms with E-state index >= 15 is 0 Å². The molecule has 0 aromatic rings. The van der Waals surface area contributed by atoms with Crippen molar-refractivity contribution in [3.05, 3.63) is 0 Å². The zero-order valence-electron chi connectivity index (χ0n) is 5.51. The van der Waals surface area contributed by atoms with Gasteiger partial charge in [0, 0.05) is 18.6 Å². The Kier molecular flexibility index (Phi) is 2.45. The maximum Gasteiger partial charge on any atom is 0.0584 e. The van der Waals surface area contributed by atoms with E-state index in [4.69, 9.17) is 10.8 Å². The zero-order valence-corrected chi connectivity index (χ0v) is 5.51. The van der Waals surface area contributed by atoms with Crippen molar-refractivity contribution in [2.75, 3.05) is 13.2 Å². The van der Waals surface area contributed by atoms with Gasteiger partial charge in [0.2, 0.25) is 0 Å². The topological polar surface area (TPSA) is 58.3 Å². The molecule has 0 saturated carbocycles. The second-order valence-electron chi connectivity index (χ2n) is 2.56. The van der Waals surface area contributed by atoms with Crippen molar-refractivity contribution in [2.24, 2.45) is 5.73 Å². The molecule has 54 valence electrons. The summed E-state index contributed by atoms with van der Waals surface area (Å²) >= 11 is 0. The Hall–Kier alpha value is -0.120. The molecule has 1 aliphatic rings. The molecule has 0 aromatic carbocycles. The van der Waals surface area contributed by atoms with Gasteiger partial charge < -0.3 is 16.2 Å². The Morgan fingerprint density at radius 2 is 2.11 bits per heavy atom. The lowest BCUT2D eigenvalue weighted by atomic mass is 10.2. The molecule has 0 unspecified atom stereocenters. The first-order chi connectivity index (χ1) is 4.36. The van der Waals surface area contributed by atoms with Gasteiger partial charge in [0.05, 0.1) is 6.61 Å². The van der Waals surface area contributed by atoms with Gasteiger partial charge in [-0.15, -0.1) is 0 Å². The van der Waals surface area contributed by atoms with Crippen LogP contribution in [0.1, 0.15) is 12.8 Å². The number of rotatable bonds is 2. The quantitative estimate of drug-likeness (QED) is 0.452. The Morgan fingerprint density at radius 3 is 2.44 bits per heavy atom. The number of aliphatic hydroxyl groups is 1. The molecule has 4 N–H and O–H groups in total. The van der Waals surface area contributed by atoms with E-state index in [-0.39, 0.29) is 6.61 Å². The van der Waals surface area contributed by atoms with E-state index in [1.54, 1.807) is 0 Å². The fraction of sp³-hybridized carbons (Fsp3) is 1.00. The van der Waals surface area contributed by atoms with Gasteiger partial charge in [-0.1, -0.05) is 0 Å². The number of hydrogen-bond acceptors (Lipinski definition) is 3. The summed E-state index contributed by atoms with van der Waals surface area (Å²) in [5.74, 6) is 0. The molecule has 0 bridgehead atoms. The van der Waals surface area contributed by atoms with Gasteiger partial charge in [-0.3, -0.25) is 0 Å². The molecule has 1 saturated heterocycles. The Balaban J connectivity index is 2.20. The highest BCUT2D eigenvalue weighted by atomic mass is 16.3. The first-order valence-corrected chi connectivity index (χ1v) is 3.43. The molecule has 0 aliphatic carbocycles. The monoisotopic (exact) mass is 130 g/mol. The predicted molar refractivity (Wildman–Crippen MR) is 36.1 cm³/mol. The van der Waals surface area contributed by atoms with Crippen LogP contribution in [0.5, 0.6) is 0 Å². The molecule has 1 rings (SSSR count). The molecule has 1 fully saturated rings. The highest BCUT2D eigenvalue weighted by Crippen LogP contribution is 2.09. The van der Waals surface area contributed by atoms with Gasteiger partial charge in [-0.25, -0.2) is 0 Å². The Bertz CT molecular complexity index is 77.1. The summed E-state index contributed by atoms with van der Waals surface area (Å²) in [6.45, 7) is 0.938. The van der Waals surface area contributed by atoms with E-state index in [1.807, 2.05) is 0 Å². The molecular formula is C6H14N2O. The lowest BCUT2D eigenvalue weighted by Crippen LogP contribution is -2.36. The van der Waals surface area contributed by atoms with E-state index in [0.717, 1.165) is 12.8 Å². The predicted octanol–water partition coefficient (Wildman–Crippen LogP) is -0.942. The second-order valence-corrected chi connectivity index (χ2v) is 2.56. The maximum atomic E-state index is 8.68. The van der Waals surface area contributed by atoms with E-state index in [0.29, 0.717) is 18.6 Å². The molecule has 2 atom stereocenters. The number of aliphatic hydroxyl groups excluding tert-OH is 1. The van der Waals surface area contributed by atoms with Crippen molar-refractivity contribution in [2.45, 2.75) is 24.9 Å². The van der Waals surface area contributed by atoms with Crippen LogP contribution in [0.4, 0.5) is 0 Å². The summed E-state index contributed by atoms with van der Waals surface area (Å²) in [5, 5.41) is 11.9. The zero-order chi connectivity index (χ0) is 6.69. The van der Waals surface area contributed by atoms with E-state index < -0.39 is 0 Å². The van der Waals surface area contributed by atoms with Gasteiger partial charge in [0.25, 0.3) is 0 Å². The highest BCUT2D eigenvalue weighted by molar-refractivity contribution is 4.82. The number of nitrogens with two attached hydrogens (primary N) is 1. The Labute approximate surface area is 55.2 Å². The molecule has 1 aliphatic heterocycles. The van der Waals surface area contributed by atoms with E-state index in [1.165, 1.54) is 0 Å². The lowest BCUT2D eigenvalue weighted by Gasteiger charge is -2.08. The van der Waals surface area contributed by atoms with Crippen LogP contribution in [0.3, 0.4) is 0 Å². The first kappa shape index (κ1) is 6.99. The number of nitrogens with one attached hydrogen (secondary N) is 1. The van der Waals surface area contributed by atoms with Crippen LogP contribution in [0.2, 0.25) is 0 Å². The normalized spacial score (nSPS) is 35.3. The van der Waals surface area contributed by atoms with Crippen molar-refractivity contribution >= 4 is 0 Å². The highest BCUT2D eigenvalue weighted by Gasteiger charge is 2.20. The minimum atomic E-state index is 0.247. The molecule has 9 heavy (non-hydrogen) atoms. The lowest BCUT2D eigenvalue weighted by molar-refractivity contribution is 0.252. The van der Waals surface area contributed by atoms with Crippen molar-refractivity contribution in [1.29, 1.82) is 0 Å². The largest absolute Gasteiger partial charge is 0.395 e. The fourth-order valence-corrected chi connectivity index (χ4v) is 1.23. The molecular weight excluding hydrogens is 116 g/mol. The van der Waals surface area contributed by atoms with Crippen LogP contribution < -0.4 is 11.1 Å². The fourth-order valence-electron chi connectivity index (χ4n) is 1.23. The minimum absolute atomic E-state index is 0.247. The van der Waals surface area contributed by atoms with Gasteiger partial charge in [0.1, 0.15) is 0 Å². The third-order valence-electron chi connectivity index (χ3n) is 1.84. The maximum absolute atomic E-state index is 8.68. The van der Waals surface area contributed by atoms with Crippen LogP contribution in [0, 0.1) is 0 Å². The molecule has 3 heteroatoms. The van der Waals surface area contributed by atoms with Crippen molar-refractivity contribution in [1.82, 2.24) is 5.32 Å². The summed E-state index contributed by atoms with van der Waals surface area (Å²) in [7, 11) is 0. The van der Waals surface area contributed by atoms with Crippen LogP contribution in [0.25, 0.3) is 0 Å². The Morgan fingerprint density at radius 1 is 1.44 bits per heavy atom. The van der Waals surface area contributed by atoms with Crippen LogP contribution in [-0.2, 0) is 0 Å². The SMILES string of the molecule is NC[C@H]1CC[C@@H](CO)N1. The minimum Gasteiger partial charge on any atom is -0.395 e. The average molecular weight is 130 g/mol. The second kappa shape index (κ2) is 3.15. The van der Waals surface area contributed by atoms with E-state index in [2.05, 4.69) is 5.32 Å². The molecule has 1 heterocycles. The number of hydrogen-bond donors (Lipinski definition) is 3. The van der Waals surface area contributed by atoms with Crippen LogP contribution >= 0.6 is 0 Å². The molecule has 0 spiro atoms. The molecule has 0 aromatic heterocycles. The van der Waals surface area contributed by atoms with Gasteiger partial charge in [-0.2, -0.15) is 0 Å². The first-order valence-electron chi connectivity index (χ1n) is 3.43. The average Bonchev–Trinajstić information content (AvgIpc) is 2.34. The third-order valence-corrected chi connectivity index (χ3v) is 1.84. The summed E-state index contributed by atoms with van der Waals surface area (Å²) in [5.41, 5.74) is 5.41. The summed E-state index contributed by atoms with van der Waals surface area (Å²) < 4.78 is 0. The van der Waals surface area contributed by atoms with Crippen molar-refractivity contribution in [3.8, 4) is 0 Å². The van der Waals surface area contributed by atoms with Gasteiger partial charge in [0.15, 0.2) is 0 Å². The smallest absolute Gasteiger partial charge is 0.0584 e. The standard InChI is InChI=1S/C6H14N2O/c7-3-5-1-2-6(4-9)8-5/h5-6,8-9H,1-4,7H2/t5-,6+/m1/s1. The van der Waals surface area contributed by atoms with Crippen molar-refractivity contribution < 1.29 is 5.11 Å².